The van der Waals surface area contributed by atoms with Gasteiger partial charge < -0.3 is 21.1 Å². The Labute approximate surface area is 299 Å². The summed E-state index contributed by atoms with van der Waals surface area (Å²) < 4.78 is 0. The van der Waals surface area contributed by atoms with Crippen molar-refractivity contribution in [3.05, 3.63) is 71.8 Å². The molecule has 1 amide bonds. The number of hydrogen-bond donors (Lipinski definition) is 4. The smallest absolute Gasteiger partial charge is 0.335 e. The lowest BCUT2D eigenvalue weighted by molar-refractivity contribution is -0.225. The summed E-state index contributed by atoms with van der Waals surface area (Å²) in [5, 5.41) is 12.9. The van der Waals surface area contributed by atoms with Gasteiger partial charge in [-0.2, -0.15) is 0 Å². The van der Waals surface area contributed by atoms with Crippen LogP contribution in [0.25, 0.3) is 5.57 Å². The van der Waals surface area contributed by atoms with Crippen molar-refractivity contribution in [3.63, 3.8) is 0 Å². The van der Waals surface area contributed by atoms with Crippen LogP contribution in [-0.2, 0) is 11.2 Å². The molecule has 5 N–H and O–H groups in total. The molecule has 10 atom stereocenters. The Hall–Kier alpha value is -3.19. The SMILES string of the molecule is C=C(C)[C@@H]1CC[C@]2(CNC(=O)C(N)Cc3c[nH]cn3)CC[C@]3(C)[C@H](CC[C@@H]4[C@@]5(C)CC=C(c6ccc(C(=O)O)cc6)C(C)(C)[C@@H]5CC[C@]43C)[C@@H]12. The number of nitrogens with zero attached hydrogens (tertiary/aromatic N) is 1. The second-order valence-electron chi connectivity index (χ2n) is 18.6. The standard InChI is InChI=1S/C43H60N4O3/c1-26(2)30-14-19-43(24-46-37(48)33(44)22-29-23-45-25-47-29)21-20-41(6)32(36(30)43)12-13-35-40(5)17-15-31(27-8-10-28(11-9-27)38(49)50)39(3,4)34(40)16-18-42(35,41)7/h8-11,15,23,25,30,32-36H,1,12-14,16-22,24,44H2,2-7H3,(H,45,47)(H,46,48)(H,49,50)/t30-,32+,33?,34-,35+,36+,40-,41+,42+,43+/m0/s1. The Balaban J connectivity index is 1.16. The Morgan fingerprint density at radius 2 is 1.74 bits per heavy atom. The van der Waals surface area contributed by atoms with E-state index < -0.39 is 12.0 Å². The lowest BCUT2D eigenvalue weighted by Crippen LogP contribution is -2.66. The molecular formula is C43H60N4O3. The molecule has 0 radical (unpaired) electrons. The molecule has 50 heavy (non-hydrogen) atoms. The van der Waals surface area contributed by atoms with E-state index in [9.17, 15) is 14.7 Å². The third-order valence-corrected chi connectivity index (χ3v) is 16.2. The fraction of sp³-hybridized carbons (Fsp3) is 0.651. The summed E-state index contributed by atoms with van der Waals surface area (Å²) in [4.78, 5) is 32.2. The second kappa shape index (κ2) is 12.2. The molecule has 7 heteroatoms. The number of nitrogens with one attached hydrogen (secondary N) is 2. The number of benzene rings is 1. The fourth-order valence-corrected chi connectivity index (χ4v) is 13.6. The van der Waals surface area contributed by atoms with Crippen LogP contribution < -0.4 is 11.1 Å². The highest BCUT2D eigenvalue weighted by molar-refractivity contribution is 5.88. The number of rotatable bonds is 8. The zero-order valence-corrected chi connectivity index (χ0v) is 31.3. The van der Waals surface area contributed by atoms with Gasteiger partial charge in [-0.25, -0.2) is 9.78 Å². The van der Waals surface area contributed by atoms with Gasteiger partial charge in [-0.1, -0.05) is 65.0 Å². The summed E-state index contributed by atoms with van der Waals surface area (Å²) in [6.45, 7) is 20.4. The van der Waals surface area contributed by atoms with Gasteiger partial charge in [0.2, 0.25) is 5.91 Å². The molecule has 2 aromatic rings. The van der Waals surface area contributed by atoms with Crippen LogP contribution >= 0.6 is 0 Å². The fourth-order valence-electron chi connectivity index (χ4n) is 13.6. The molecule has 0 aliphatic heterocycles. The van der Waals surface area contributed by atoms with E-state index in [4.69, 9.17) is 5.73 Å². The van der Waals surface area contributed by atoms with Crippen LogP contribution in [0.4, 0.5) is 0 Å². The minimum absolute atomic E-state index is 0.00867. The number of aromatic nitrogens is 2. The predicted octanol–water partition coefficient (Wildman–Crippen LogP) is 8.45. The summed E-state index contributed by atoms with van der Waals surface area (Å²) in [5.41, 5.74) is 12.1. The normalized spacial score (nSPS) is 39.2. The van der Waals surface area contributed by atoms with Gasteiger partial charge in [-0.15, -0.1) is 0 Å². The predicted molar refractivity (Wildman–Crippen MR) is 199 cm³/mol. The lowest BCUT2D eigenvalue weighted by Gasteiger charge is -2.72. The van der Waals surface area contributed by atoms with E-state index in [0.717, 1.165) is 36.9 Å². The maximum atomic E-state index is 13.4. The first-order chi connectivity index (χ1) is 23.6. The van der Waals surface area contributed by atoms with Crippen molar-refractivity contribution < 1.29 is 14.7 Å². The topological polar surface area (TPSA) is 121 Å². The number of carbonyl (C=O) groups is 2. The number of aromatic amines is 1. The number of fused-ring (bicyclic) bond motifs is 7. The van der Waals surface area contributed by atoms with Crippen LogP contribution in [0.15, 0.2) is 55.0 Å². The molecule has 1 aromatic heterocycles. The maximum Gasteiger partial charge on any atom is 0.335 e. The molecule has 0 saturated heterocycles. The number of allylic oxidation sites excluding steroid dienone is 3. The van der Waals surface area contributed by atoms with Crippen molar-refractivity contribution in [3.8, 4) is 0 Å². The van der Waals surface area contributed by atoms with Crippen LogP contribution in [0, 0.1) is 56.7 Å². The molecule has 5 aliphatic carbocycles. The van der Waals surface area contributed by atoms with Gasteiger partial charge in [-0.05, 0) is 145 Å². The second-order valence-corrected chi connectivity index (χ2v) is 18.6. The highest BCUT2D eigenvalue weighted by Gasteiger charge is 2.70. The minimum atomic E-state index is -0.876. The van der Waals surface area contributed by atoms with Gasteiger partial charge in [0.1, 0.15) is 0 Å². The van der Waals surface area contributed by atoms with Gasteiger partial charge in [0.15, 0.2) is 0 Å². The van der Waals surface area contributed by atoms with Crippen molar-refractivity contribution >= 4 is 17.4 Å². The van der Waals surface area contributed by atoms with Crippen LogP contribution in [0.1, 0.15) is 121 Å². The average molecular weight is 681 g/mol. The molecular weight excluding hydrogens is 620 g/mol. The summed E-state index contributed by atoms with van der Waals surface area (Å²) in [6, 6.07) is 6.94. The van der Waals surface area contributed by atoms with Crippen LogP contribution in [0.2, 0.25) is 0 Å². The number of hydrogen-bond acceptors (Lipinski definition) is 4. The Bertz CT molecular complexity index is 1680. The van der Waals surface area contributed by atoms with Gasteiger partial charge in [0.25, 0.3) is 0 Å². The third kappa shape index (κ3) is 5.18. The Morgan fingerprint density at radius 3 is 2.40 bits per heavy atom. The number of carboxylic acids is 1. The van der Waals surface area contributed by atoms with Gasteiger partial charge >= 0.3 is 5.97 Å². The molecule has 1 unspecified atom stereocenters. The summed E-state index contributed by atoms with van der Waals surface area (Å²) in [6.07, 6.45) is 17.1. The summed E-state index contributed by atoms with van der Waals surface area (Å²) in [5.74, 6) is 1.87. The van der Waals surface area contributed by atoms with Gasteiger partial charge in [0, 0.05) is 19.2 Å². The molecule has 0 bridgehead atoms. The van der Waals surface area contributed by atoms with Crippen LogP contribution in [0.5, 0.6) is 0 Å². The molecule has 270 valence electrons. The number of H-pyrrole nitrogens is 1. The van der Waals surface area contributed by atoms with Crippen molar-refractivity contribution in [2.24, 2.45) is 62.4 Å². The first kappa shape index (κ1) is 35.2. The molecule has 5 aliphatic rings. The van der Waals surface area contributed by atoms with Gasteiger partial charge in [-0.3, -0.25) is 4.79 Å². The summed E-state index contributed by atoms with van der Waals surface area (Å²) in [7, 11) is 0. The number of aromatic carboxylic acids is 1. The minimum Gasteiger partial charge on any atom is -0.478 e. The highest BCUT2D eigenvalue weighted by Crippen LogP contribution is 2.77. The number of amides is 1. The number of carbonyl (C=O) groups excluding carboxylic acids is 1. The maximum absolute atomic E-state index is 13.4. The highest BCUT2D eigenvalue weighted by atomic mass is 16.4. The molecule has 7 nitrogen and oxygen atoms in total. The number of carboxylic acid groups (broad SMARTS) is 1. The van der Waals surface area contributed by atoms with E-state index in [0.29, 0.717) is 48.1 Å². The lowest BCUT2D eigenvalue weighted by atomic mass is 9.32. The van der Waals surface area contributed by atoms with E-state index in [1.165, 1.54) is 43.3 Å². The van der Waals surface area contributed by atoms with Crippen LogP contribution in [0.3, 0.4) is 0 Å². The van der Waals surface area contributed by atoms with E-state index in [2.05, 4.69) is 69.5 Å². The van der Waals surface area contributed by atoms with E-state index in [1.807, 2.05) is 18.3 Å². The van der Waals surface area contributed by atoms with Gasteiger partial charge in [0.05, 0.1) is 23.6 Å². The Kier molecular flexibility index (Phi) is 8.60. The Morgan fingerprint density at radius 1 is 1.00 bits per heavy atom. The van der Waals surface area contributed by atoms with Crippen molar-refractivity contribution in [1.29, 1.82) is 0 Å². The molecule has 4 fully saturated rings. The van der Waals surface area contributed by atoms with E-state index in [-0.39, 0.29) is 33.0 Å². The summed E-state index contributed by atoms with van der Waals surface area (Å²) >= 11 is 0. The molecule has 0 spiro atoms. The largest absolute Gasteiger partial charge is 0.478 e. The number of imidazole rings is 1. The van der Waals surface area contributed by atoms with Crippen LogP contribution in [-0.4, -0.2) is 39.5 Å². The zero-order chi connectivity index (χ0) is 35.9. The average Bonchev–Trinajstić information content (AvgIpc) is 3.72. The molecule has 4 saturated carbocycles. The monoisotopic (exact) mass is 680 g/mol. The first-order valence-corrected chi connectivity index (χ1v) is 19.3. The quantitative estimate of drug-likeness (QED) is 0.209. The van der Waals surface area contributed by atoms with Crippen molar-refractivity contribution in [2.75, 3.05) is 6.54 Å². The van der Waals surface area contributed by atoms with Crippen molar-refractivity contribution in [1.82, 2.24) is 15.3 Å². The zero-order valence-electron chi connectivity index (χ0n) is 31.3. The molecule has 1 heterocycles. The van der Waals surface area contributed by atoms with E-state index >= 15 is 0 Å². The first-order valence-electron chi connectivity index (χ1n) is 19.3. The number of nitrogens with two attached hydrogens (primary N) is 1. The van der Waals surface area contributed by atoms with Crippen molar-refractivity contribution in [2.45, 2.75) is 112 Å². The molecule has 1 aromatic carbocycles. The van der Waals surface area contributed by atoms with E-state index in [1.54, 1.807) is 18.5 Å². The third-order valence-electron chi connectivity index (χ3n) is 16.2. The molecule has 7 rings (SSSR count).